The van der Waals surface area contributed by atoms with Crippen LogP contribution in [0.4, 0.5) is 0 Å². The Kier molecular flexibility index (Phi) is 5.36. The van der Waals surface area contributed by atoms with E-state index in [0.717, 1.165) is 12.8 Å². The van der Waals surface area contributed by atoms with E-state index < -0.39 is 11.6 Å². The van der Waals surface area contributed by atoms with Crippen molar-refractivity contribution < 1.29 is 14.6 Å². The van der Waals surface area contributed by atoms with Gasteiger partial charge in [-0.3, -0.25) is 4.79 Å². The van der Waals surface area contributed by atoms with Gasteiger partial charge in [0.25, 0.3) is 0 Å². The van der Waals surface area contributed by atoms with Gasteiger partial charge in [-0.1, -0.05) is 26.7 Å². The van der Waals surface area contributed by atoms with Gasteiger partial charge in [-0.15, -0.1) is 0 Å². The van der Waals surface area contributed by atoms with Crippen LogP contribution < -0.4 is 11.1 Å². The van der Waals surface area contributed by atoms with E-state index >= 15 is 0 Å². The molecule has 5 nitrogen and oxygen atoms in total. The predicted molar refractivity (Wildman–Crippen MR) is 65.4 cm³/mol. The third kappa shape index (κ3) is 3.66. The first-order valence-corrected chi connectivity index (χ1v) is 6.36. The molecule has 1 saturated heterocycles. The Morgan fingerprint density at radius 2 is 2.18 bits per heavy atom. The first kappa shape index (κ1) is 14.4. The van der Waals surface area contributed by atoms with Gasteiger partial charge in [0.05, 0.1) is 12.7 Å². The molecule has 0 bridgehead atoms. The van der Waals surface area contributed by atoms with Crippen LogP contribution in [0.3, 0.4) is 0 Å². The normalized spacial score (nSPS) is 26.2. The van der Waals surface area contributed by atoms with Crippen molar-refractivity contribution in [3.05, 3.63) is 0 Å². The van der Waals surface area contributed by atoms with Crippen LogP contribution in [0.5, 0.6) is 0 Å². The molecule has 1 aliphatic heterocycles. The summed E-state index contributed by atoms with van der Waals surface area (Å²) >= 11 is 0. The van der Waals surface area contributed by atoms with Gasteiger partial charge in [-0.05, 0) is 12.3 Å². The van der Waals surface area contributed by atoms with Gasteiger partial charge in [0.2, 0.25) is 5.91 Å². The number of aliphatic hydroxyl groups excluding tert-OH is 1. The number of hydrogen-bond donors (Lipinski definition) is 3. The van der Waals surface area contributed by atoms with Crippen molar-refractivity contribution in [2.75, 3.05) is 19.8 Å². The first-order valence-electron chi connectivity index (χ1n) is 6.36. The van der Waals surface area contributed by atoms with E-state index in [1.54, 1.807) is 0 Å². The molecule has 0 aromatic rings. The minimum Gasteiger partial charge on any atom is -0.391 e. The molecule has 0 aromatic carbocycles. The molecule has 1 rings (SSSR count). The summed E-state index contributed by atoms with van der Waals surface area (Å²) in [6.07, 6.45) is 1.86. The van der Waals surface area contributed by atoms with Crippen molar-refractivity contribution in [3.8, 4) is 0 Å². The molecule has 0 aromatic heterocycles. The number of hydrogen-bond acceptors (Lipinski definition) is 4. The maximum Gasteiger partial charge on any atom is 0.242 e. The lowest BCUT2D eigenvalue weighted by Gasteiger charge is -2.24. The SMILES string of the molecule is CCC(CC)C(O)CNC(=O)C1(N)CCOC1. The van der Waals surface area contributed by atoms with Gasteiger partial charge < -0.3 is 20.9 Å². The average molecular weight is 244 g/mol. The molecule has 0 saturated carbocycles. The van der Waals surface area contributed by atoms with Gasteiger partial charge in [0, 0.05) is 13.2 Å². The van der Waals surface area contributed by atoms with Gasteiger partial charge in [0.15, 0.2) is 0 Å². The molecular formula is C12H24N2O3. The zero-order chi connectivity index (χ0) is 12.9. The van der Waals surface area contributed by atoms with E-state index in [1.807, 2.05) is 13.8 Å². The number of nitrogens with one attached hydrogen (secondary N) is 1. The maximum atomic E-state index is 11.8. The zero-order valence-corrected chi connectivity index (χ0v) is 10.7. The highest BCUT2D eigenvalue weighted by Gasteiger charge is 2.38. The minimum absolute atomic E-state index is 0.222. The van der Waals surface area contributed by atoms with Crippen molar-refractivity contribution in [1.82, 2.24) is 5.32 Å². The average Bonchev–Trinajstić information content (AvgIpc) is 2.76. The Bertz CT molecular complexity index is 248. The van der Waals surface area contributed by atoms with Crippen LogP contribution in [0.2, 0.25) is 0 Å². The second-order valence-corrected chi connectivity index (χ2v) is 4.81. The Labute approximate surface area is 103 Å². The summed E-state index contributed by atoms with van der Waals surface area (Å²) in [6.45, 7) is 5.13. The topological polar surface area (TPSA) is 84.6 Å². The molecule has 1 amide bonds. The van der Waals surface area contributed by atoms with E-state index in [1.165, 1.54) is 0 Å². The number of carbonyl (C=O) groups excluding carboxylic acids is 1. The number of nitrogens with two attached hydrogens (primary N) is 1. The third-order valence-corrected chi connectivity index (χ3v) is 3.57. The quantitative estimate of drug-likeness (QED) is 0.615. The van der Waals surface area contributed by atoms with Crippen molar-refractivity contribution in [2.24, 2.45) is 11.7 Å². The summed E-state index contributed by atoms with van der Waals surface area (Å²) in [7, 11) is 0. The largest absolute Gasteiger partial charge is 0.391 e. The minimum atomic E-state index is -0.909. The van der Waals surface area contributed by atoms with Crippen LogP contribution >= 0.6 is 0 Å². The standard InChI is InChI=1S/C12H24N2O3/c1-3-9(4-2)10(15)7-14-11(16)12(13)5-6-17-8-12/h9-10,15H,3-8,13H2,1-2H3,(H,14,16). The lowest BCUT2D eigenvalue weighted by Crippen LogP contribution is -2.55. The highest BCUT2D eigenvalue weighted by molar-refractivity contribution is 5.86. The highest BCUT2D eigenvalue weighted by atomic mass is 16.5. The summed E-state index contributed by atoms with van der Waals surface area (Å²) in [5, 5.41) is 12.6. The Morgan fingerprint density at radius 3 is 2.65 bits per heavy atom. The number of amides is 1. The molecule has 2 unspecified atom stereocenters. The van der Waals surface area contributed by atoms with E-state index in [4.69, 9.17) is 10.5 Å². The lowest BCUT2D eigenvalue weighted by atomic mass is 9.95. The summed E-state index contributed by atoms with van der Waals surface area (Å²) < 4.78 is 5.13. The van der Waals surface area contributed by atoms with Crippen LogP contribution in [0.15, 0.2) is 0 Å². The molecule has 0 spiro atoms. The molecule has 100 valence electrons. The summed E-state index contributed by atoms with van der Waals surface area (Å²) in [5.41, 5.74) is 5.00. The van der Waals surface area contributed by atoms with E-state index in [-0.39, 0.29) is 25.0 Å². The zero-order valence-electron chi connectivity index (χ0n) is 10.7. The van der Waals surface area contributed by atoms with Crippen LogP contribution in [0, 0.1) is 5.92 Å². The lowest BCUT2D eigenvalue weighted by molar-refractivity contribution is -0.127. The van der Waals surface area contributed by atoms with Crippen LogP contribution in [0.1, 0.15) is 33.1 Å². The number of rotatable bonds is 6. The Hall–Kier alpha value is -0.650. The van der Waals surface area contributed by atoms with Crippen LogP contribution in [-0.2, 0) is 9.53 Å². The van der Waals surface area contributed by atoms with Gasteiger partial charge in [-0.25, -0.2) is 0 Å². The second kappa shape index (κ2) is 6.33. The van der Waals surface area contributed by atoms with Crippen LogP contribution in [0.25, 0.3) is 0 Å². The fourth-order valence-corrected chi connectivity index (χ4v) is 2.13. The maximum absolute atomic E-state index is 11.8. The second-order valence-electron chi connectivity index (χ2n) is 4.81. The molecule has 0 radical (unpaired) electrons. The molecular weight excluding hydrogens is 220 g/mol. The number of aliphatic hydroxyl groups is 1. The van der Waals surface area contributed by atoms with Crippen molar-refractivity contribution in [2.45, 2.75) is 44.8 Å². The molecule has 1 heterocycles. The molecule has 17 heavy (non-hydrogen) atoms. The van der Waals surface area contributed by atoms with Crippen LogP contribution in [-0.4, -0.2) is 42.4 Å². The third-order valence-electron chi connectivity index (χ3n) is 3.57. The summed E-state index contributed by atoms with van der Waals surface area (Å²) in [5.74, 6) is 0.00357. The molecule has 0 aliphatic carbocycles. The summed E-state index contributed by atoms with van der Waals surface area (Å²) in [4.78, 5) is 11.8. The summed E-state index contributed by atoms with van der Waals surface area (Å²) in [6, 6.07) is 0. The highest BCUT2D eigenvalue weighted by Crippen LogP contribution is 2.16. The smallest absolute Gasteiger partial charge is 0.242 e. The molecule has 2 atom stereocenters. The Morgan fingerprint density at radius 1 is 1.53 bits per heavy atom. The fourth-order valence-electron chi connectivity index (χ4n) is 2.13. The van der Waals surface area contributed by atoms with Crippen molar-refractivity contribution in [3.63, 3.8) is 0 Å². The van der Waals surface area contributed by atoms with E-state index in [9.17, 15) is 9.90 Å². The fraction of sp³-hybridized carbons (Fsp3) is 0.917. The number of ether oxygens (including phenoxy) is 1. The van der Waals surface area contributed by atoms with E-state index in [2.05, 4.69) is 5.32 Å². The molecule has 4 N–H and O–H groups in total. The molecule has 1 aliphatic rings. The van der Waals surface area contributed by atoms with Crippen molar-refractivity contribution in [1.29, 1.82) is 0 Å². The monoisotopic (exact) mass is 244 g/mol. The first-order chi connectivity index (χ1) is 8.03. The van der Waals surface area contributed by atoms with Gasteiger partial charge in [0.1, 0.15) is 5.54 Å². The molecule has 5 heteroatoms. The van der Waals surface area contributed by atoms with Gasteiger partial charge >= 0.3 is 0 Å². The Balaban J connectivity index is 2.37. The predicted octanol–water partition coefficient (Wildman–Crippen LogP) is 0.0175. The molecule has 1 fully saturated rings. The van der Waals surface area contributed by atoms with Gasteiger partial charge in [-0.2, -0.15) is 0 Å². The van der Waals surface area contributed by atoms with Crippen molar-refractivity contribution >= 4 is 5.91 Å². The van der Waals surface area contributed by atoms with E-state index in [0.29, 0.717) is 13.0 Å². The number of carbonyl (C=O) groups is 1.